The number of hydrogen-bond donors (Lipinski definition) is 4. The summed E-state index contributed by atoms with van der Waals surface area (Å²) in [6.45, 7) is 15.4. The molecular weight excluding hydrogens is 572 g/mol. The molecule has 4 aliphatic carbocycles. The maximum absolute atomic E-state index is 13.2. The molecule has 0 heterocycles. The van der Waals surface area contributed by atoms with Crippen molar-refractivity contribution in [2.45, 2.75) is 143 Å². The highest BCUT2D eigenvalue weighted by molar-refractivity contribution is 5.72. The van der Waals surface area contributed by atoms with Crippen LogP contribution in [-0.4, -0.2) is 69.0 Å². The summed E-state index contributed by atoms with van der Waals surface area (Å²) < 4.78 is 11.9. The fourth-order valence-corrected chi connectivity index (χ4v) is 9.14. The lowest BCUT2D eigenvalue weighted by molar-refractivity contribution is -0.222. The monoisotopic (exact) mass is 632 g/mol. The van der Waals surface area contributed by atoms with Crippen LogP contribution in [0.3, 0.4) is 0 Å². The Kier molecular flexibility index (Phi) is 11.1. The van der Waals surface area contributed by atoms with E-state index in [1.807, 2.05) is 20.8 Å². The van der Waals surface area contributed by atoms with Gasteiger partial charge in [-0.1, -0.05) is 99.1 Å². The third-order valence-electron chi connectivity index (χ3n) is 12.3. The van der Waals surface area contributed by atoms with Crippen LogP contribution in [0.2, 0.25) is 0 Å². The molecule has 256 valence electrons. The minimum Gasteiger partial charge on any atom is -0.462 e. The molecule has 2 fully saturated rings. The van der Waals surface area contributed by atoms with Gasteiger partial charge in [0.1, 0.15) is 30.5 Å². The van der Waals surface area contributed by atoms with Crippen LogP contribution in [-0.2, 0) is 19.1 Å². The second-order valence-corrected chi connectivity index (χ2v) is 15.8. The standard InChI is InChI=1S/C37H60O8/c1-9-10-11-12-13-14-15-16-28(38)45-27-17-23(5)36-19-22(4)31(39)37(36,43)32(40)25(20-44-34(42)24(6)21(2)3)18-26(33(36)41)29-30(27)35(29,7)8/h18-19,21,23-24,26-27,29-33,39-41,43H,9-17,20H2,1-8H3/t23-,24?,26+,27+,29+,30?,31+,32-,33?,36+,37-/m1/s1. The maximum Gasteiger partial charge on any atom is 0.309 e. The molecule has 0 aromatic heterocycles. The second kappa shape index (κ2) is 13.8. The lowest BCUT2D eigenvalue weighted by atomic mass is 9.56. The average molecular weight is 633 g/mol. The fraction of sp³-hybridized carbons (Fsp3) is 0.838. The summed E-state index contributed by atoms with van der Waals surface area (Å²) >= 11 is 0. The van der Waals surface area contributed by atoms with E-state index in [9.17, 15) is 30.0 Å². The molecule has 11 atom stereocenters. The van der Waals surface area contributed by atoms with Crippen LogP contribution in [0.4, 0.5) is 0 Å². The van der Waals surface area contributed by atoms with E-state index in [1.165, 1.54) is 25.7 Å². The van der Waals surface area contributed by atoms with Crippen molar-refractivity contribution in [3.8, 4) is 0 Å². The quantitative estimate of drug-likeness (QED) is 0.119. The molecule has 0 aromatic rings. The Morgan fingerprint density at radius 2 is 1.60 bits per heavy atom. The van der Waals surface area contributed by atoms with Crippen molar-refractivity contribution in [1.82, 2.24) is 0 Å². The van der Waals surface area contributed by atoms with Crippen LogP contribution < -0.4 is 0 Å². The number of carbonyl (C=O) groups is 2. The molecular formula is C37H60O8. The van der Waals surface area contributed by atoms with E-state index in [2.05, 4.69) is 20.8 Å². The highest BCUT2D eigenvalue weighted by Crippen LogP contribution is 2.71. The van der Waals surface area contributed by atoms with Gasteiger partial charge in [0, 0.05) is 18.3 Å². The van der Waals surface area contributed by atoms with Crippen molar-refractivity contribution in [2.24, 2.45) is 46.3 Å². The molecule has 3 unspecified atom stereocenters. The van der Waals surface area contributed by atoms with E-state index in [-0.39, 0.29) is 47.2 Å². The molecule has 1 spiro atoms. The summed E-state index contributed by atoms with van der Waals surface area (Å²) in [4.78, 5) is 26.0. The zero-order chi connectivity index (χ0) is 33.5. The zero-order valence-corrected chi connectivity index (χ0v) is 28.9. The van der Waals surface area contributed by atoms with Crippen molar-refractivity contribution >= 4 is 11.9 Å². The molecule has 2 saturated carbocycles. The van der Waals surface area contributed by atoms with Crippen LogP contribution in [0.15, 0.2) is 23.3 Å². The third-order valence-corrected chi connectivity index (χ3v) is 12.3. The Morgan fingerprint density at radius 3 is 2.22 bits per heavy atom. The van der Waals surface area contributed by atoms with E-state index in [0.29, 0.717) is 18.4 Å². The smallest absolute Gasteiger partial charge is 0.309 e. The Hall–Kier alpha value is -1.74. The summed E-state index contributed by atoms with van der Waals surface area (Å²) in [5, 5.41) is 48.2. The first kappa shape index (κ1) is 36.1. The normalized spacial score (nSPS) is 39.0. The van der Waals surface area contributed by atoms with Gasteiger partial charge in [-0.15, -0.1) is 0 Å². The molecule has 0 saturated heterocycles. The molecule has 8 heteroatoms. The number of carbonyl (C=O) groups excluding carboxylic acids is 2. The van der Waals surface area contributed by atoms with Crippen LogP contribution in [0.5, 0.6) is 0 Å². The Labute approximate surface area is 270 Å². The predicted octanol–water partition coefficient (Wildman–Crippen LogP) is 5.50. The van der Waals surface area contributed by atoms with E-state index in [0.717, 1.165) is 19.3 Å². The first-order chi connectivity index (χ1) is 21.1. The summed E-state index contributed by atoms with van der Waals surface area (Å²) in [5.41, 5.74) is -3.16. The third kappa shape index (κ3) is 6.30. The van der Waals surface area contributed by atoms with Crippen molar-refractivity contribution in [1.29, 1.82) is 0 Å². The van der Waals surface area contributed by atoms with Gasteiger partial charge in [0.2, 0.25) is 0 Å². The van der Waals surface area contributed by atoms with Gasteiger partial charge in [-0.05, 0) is 54.1 Å². The Morgan fingerprint density at radius 1 is 0.978 bits per heavy atom. The number of rotatable bonds is 13. The predicted molar refractivity (Wildman–Crippen MR) is 173 cm³/mol. The van der Waals surface area contributed by atoms with Crippen molar-refractivity contribution < 1.29 is 39.5 Å². The SMILES string of the molecule is CCCCCCCCCC(=O)O[C@H]1C[C@@H](C)[C@]23C=C(C)[C@H](O)[C@@]2(O)[C@H](O)C(COC(=O)C(C)C(C)C)=C[C@H](C3O)[C@H]2C1C2(C)C. The van der Waals surface area contributed by atoms with Crippen LogP contribution in [0.1, 0.15) is 113 Å². The van der Waals surface area contributed by atoms with Crippen molar-refractivity contribution in [3.63, 3.8) is 0 Å². The van der Waals surface area contributed by atoms with Crippen LogP contribution >= 0.6 is 0 Å². The fourth-order valence-electron chi connectivity index (χ4n) is 9.14. The largest absolute Gasteiger partial charge is 0.462 e. The van der Waals surface area contributed by atoms with E-state index >= 15 is 0 Å². The minimum absolute atomic E-state index is 0.0318. The number of unbranched alkanes of at least 4 members (excludes halogenated alkanes) is 6. The summed E-state index contributed by atoms with van der Waals surface area (Å²) in [6, 6.07) is 0. The first-order valence-electron chi connectivity index (χ1n) is 17.6. The Bertz CT molecular complexity index is 1140. The number of ether oxygens (including phenoxy) is 2. The minimum atomic E-state index is -2.18. The summed E-state index contributed by atoms with van der Waals surface area (Å²) in [5.74, 6) is -2.07. The van der Waals surface area contributed by atoms with Gasteiger partial charge in [-0.2, -0.15) is 0 Å². The number of aliphatic hydroxyl groups excluding tert-OH is 3. The molecule has 4 aliphatic rings. The molecule has 0 aromatic carbocycles. The van der Waals surface area contributed by atoms with Gasteiger partial charge in [-0.25, -0.2) is 0 Å². The van der Waals surface area contributed by atoms with Gasteiger partial charge in [0.25, 0.3) is 0 Å². The summed E-state index contributed by atoms with van der Waals surface area (Å²) in [6.07, 6.45) is 7.41. The lowest BCUT2D eigenvalue weighted by Gasteiger charge is -2.53. The van der Waals surface area contributed by atoms with Gasteiger partial charge < -0.3 is 29.9 Å². The molecule has 4 N–H and O–H groups in total. The summed E-state index contributed by atoms with van der Waals surface area (Å²) in [7, 11) is 0. The molecule has 0 radical (unpaired) electrons. The van der Waals surface area contributed by atoms with Gasteiger partial charge in [0.15, 0.2) is 0 Å². The molecule has 8 nitrogen and oxygen atoms in total. The van der Waals surface area contributed by atoms with Crippen LogP contribution in [0, 0.1) is 46.3 Å². The zero-order valence-electron chi connectivity index (χ0n) is 28.9. The highest BCUT2D eigenvalue weighted by Gasteiger charge is 2.75. The van der Waals surface area contributed by atoms with Gasteiger partial charge >= 0.3 is 11.9 Å². The molecule has 45 heavy (non-hydrogen) atoms. The number of fused-ring (bicyclic) bond motifs is 3. The van der Waals surface area contributed by atoms with Crippen molar-refractivity contribution in [2.75, 3.05) is 6.61 Å². The molecule has 2 bridgehead atoms. The molecule has 0 aliphatic heterocycles. The average Bonchev–Trinajstić information content (AvgIpc) is 3.50. The number of aliphatic hydroxyl groups is 4. The Balaban J connectivity index is 1.64. The van der Waals surface area contributed by atoms with Gasteiger partial charge in [-0.3, -0.25) is 9.59 Å². The highest BCUT2D eigenvalue weighted by atomic mass is 16.5. The molecule has 0 amide bonds. The maximum atomic E-state index is 13.2. The van der Waals surface area contributed by atoms with Gasteiger partial charge in [0.05, 0.1) is 17.4 Å². The second-order valence-electron chi connectivity index (χ2n) is 15.8. The lowest BCUT2D eigenvalue weighted by Crippen LogP contribution is -2.67. The van der Waals surface area contributed by atoms with Crippen LogP contribution in [0.25, 0.3) is 0 Å². The van der Waals surface area contributed by atoms with E-state index in [4.69, 9.17) is 9.47 Å². The van der Waals surface area contributed by atoms with Crippen molar-refractivity contribution in [3.05, 3.63) is 23.3 Å². The molecule has 4 rings (SSSR count). The van der Waals surface area contributed by atoms with E-state index in [1.54, 1.807) is 26.0 Å². The first-order valence-corrected chi connectivity index (χ1v) is 17.6. The number of esters is 2. The number of hydrogen-bond acceptors (Lipinski definition) is 8. The van der Waals surface area contributed by atoms with E-state index < -0.39 is 53.2 Å². The topological polar surface area (TPSA) is 134 Å².